The lowest BCUT2D eigenvalue weighted by atomic mass is 10.00. The molecule has 138 valence electrons. The molecule has 0 spiro atoms. The van der Waals surface area contributed by atoms with E-state index in [9.17, 15) is 18.3 Å². The summed E-state index contributed by atoms with van der Waals surface area (Å²) in [6, 6.07) is 14.7. The van der Waals surface area contributed by atoms with Crippen LogP contribution in [0, 0.1) is 5.41 Å². The van der Waals surface area contributed by atoms with Gasteiger partial charge in [-0.3, -0.25) is 4.79 Å². The van der Waals surface area contributed by atoms with E-state index in [2.05, 4.69) is 0 Å². The Hall–Kier alpha value is -2.38. The van der Waals surface area contributed by atoms with Crippen molar-refractivity contribution in [1.82, 2.24) is 0 Å². The molecule has 0 amide bonds. The van der Waals surface area contributed by atoms with Crippen LogP contribution in [0.2, 0.25) is 0 Å². The maximum atomic E-state index is 13.2. The Morgan fingerprint density at radius 3 is 2.19 bits per heavy atom. The van der Waals surface area contributed by atoms with Gasteiger partial charge in [-0.05, 0) is 29.8 Å². The summed E-state index contributed by atoms with van der Waals surface area (Å²) in [7, 11) is -0.941. The Kier molecular flexibility index (Phi) is 4.77. The SMILES string of the molecule is COC[C@]1(C(=O)O)[C@@H](c2ccc(OC)cc2)[C@@H]1S(=O)(=O)c1ccccc1. The van der Waals surface area contributed by atoms with Crippen molar-refractivity contribution in [3.8, 4) is 5.75 Å². The van der Waals surface area contributed by atoms with Gasteiger partial charge in [0.15, 0.2) is 9.84 Å². The van der Waals surface area contributed by atoms with E-state index in [1.165, 1.54) is 26.4 Å². The molecule has 6 nitrogen and oxygen atoms in total. The molecule has 1 fully saturated rings. The van der Waals surface area contributed by atoms with Crippen molar-refractivity contribution in [2.45, 2.75) is 16.1 Å². The Morgan fingerprint density at radius 1 is 1.08 bits per heavy atom. The maximum Gasteiger partial charge on any atom is 0.314 e. The average molecular weight is 376 g/mol. The van der Waals surface area contributed by atoms with E-state index in [0.29, 0.717) is 11.3 Å². The molecule has 7 heteroatoms. The standard InChI is InChI=1S/C19H20O6S/c1-24-12-19(18(20)21)16(13-8-10-14(25-2)11-9-13)17(19)26(22,23)15-6-4-3-5-7-15/h3-11,16-17H,12H2,1-2H3,(H,20,21)/t16-,17-,19-/m0/s1. The van der Waals surface area contributed by atoms with E-state index in [1.807, 2.05) is 0 Å². The summed E-state index contributed by atoms with van der Waals surface area (Å²) in [5, 5.41) is 8.78. The molecule has 0 unspecified atom stereocenters. The second-order valence-corrected chi connectivity index (χ2v) is 8.38. The van der Waals surface area contributed by atoms with Gasteiger partial charge in [-0.1, -0.05) is 30.3 Å². The summed E-state index contributed by atoms with van der Waals surface area (Å²) in [6.07, 6.45) is 0. The summed E-state index contributed by atoms with van der Waals surface area (Å²) >= 11 is 0. The smallest absolute Gasteiger partial charge is 0.314 e. The minimum Gasteiger partial charge on any atom is -0.497 e. The van der Waals surface area contributed by atoms with E-state index in [-0.39, 0.29) is 11.5 Å². The number of aliphatic carboxylic acids is 1. The predicted octanol–water partition coefficient (Wildman–Crippen LogP) is 2.35. The molecule has 26 heavy (non-hydrogen) atoms. The summed E-state index contributed by atoms with van der Waals surface area (Å²) in [5.41, 5.74) is -0.882. The lowest BCUT2D eigenvalue weighted by molar-refractivity contribution is -0.145. The second kappa shape index (κ2) is 6.74. The zero-order valence-corrected chi connectivity index (χ0v) is 15.3. The fourth-order valence-electron chi connectivity index (χ4n) is 3.63. The first kappa shape index (κ1) is 18.4. The lowest BCUT2D eigenvalue weighted by Crippen LogP contribution is -2.28. The van der Waals surface area contributed by atoms with Gasteiger partial charge >= 0.3 is 5.97 Å². The van der Waals surface area contributed by atoms with Crippen molar-refractivity contribution in [2.24, 2.45) is 5.41 Å². The van der Waals surface area contributed by atoms with Crippen molar-refractivity contribution in [3.63, 3.8) is 0 Å². The molecule has 1 aliphatic rings. The number of carboxylic acid groups (broad SMARTS) is 1. The number of rotatable bonds is 7. The highest BCUT2D eigenvalue weighted by Crippen LogP contribution is 2.64. The fourth-order valence-corrected chi connectivity index (χ4v) is 6.01. The summed E-state index contributed by atoms with van der Waals surface area (Å²) in [4.78, 5) is 12.2. The van der Waals surface area contributed by atoms with E-state index in [1.54, 1.807) is 42.5 Å². The third kappa shape index (κ3) is 2.77. The maximum absolute atomic E-state index is 13.2. The molecule has 3 rings (SSSR count). The number of methoxy groups -OCH3 is 2. The third-order valence-corrected chi connectivity index (χ3v) is 7.21. The highest BCUT2D eigenvalue weighted by Gasteiger charge is 2.76. The molecule has 2 aromatic rings. The Labute approximate surface area is 152 Å². The highest BCUT2D eigenvalue weighted by atomic mass is 32.2. The van der Waals surface area contributed by atoms with Gasteiger partial charge in [0.1, 0.15) is 11.2 Å². The van der Waals surface area contributed by atoms with Crippen LogP contribution < -0.4 is 4.74 Å². The van der Waals surface area contributed by atoms with E-state index < -0.39 is 32.4 Å². The molecule has 2 aromatic carbocycles. The molecule has 0 heterocycles. The Morgan fingerprint density at radius 2 is 1.69 bits per heavy atom. The number of ether oxygens (including phenoxy) is 2. The average Bonchev–Trinajstić information content (AvgIpc) is 3.34. The number of sulfone groups is 1. The van der Waals surface area contributed by atoms with E-state index in [0.717, 1.165) is 0 Å². The molecule has 1 aliphatic carbocycles. The number of carbonyl (C=O) groups is 1. The van der Waals surface area contributed by atoms with Crippen LogP contribution in [0.5, 0.6) is 5.75 Å². The van der Waals surface area contributed by atoms with Crippen molar-refractivity contribution in [3.05, 3.63) is 60.2 Å². The van der Waals surface area contributed by atoms with Gasteiger partial charge in [0, 0.05) is 13.0 Å². The molecule has 1 saturated carbocycles. The number of hydrogen-bond acceptors (Lipinski definition) is 5. The molecule has 0 saturated heterocycles. The van der Waals surface area contributed by atoms with Gasteiger partial charge in [0.25, 0.3) is 0 Å². The minimum atomic E-state index is -3.85. The molecule has 0 radical (unpaired) electrons. The molecule has 3 atom stereocenters. The van der Waals surface area contributed by atoms with Crippen LogP contribution in [0.3, 0.4) is 0 Å². The van der Waals surface area contributed by atoms with Crippen LogP contribution >= 0.6 is 0 Å². The summed E-state index contributed by atoms with van der Waals surface area (Å²) in [5.74, 6) is -1.26. The highest BCUT2D eigenvalue weighted by molar-refractivity contribution is 7.92. The van der Waals surface area contributed by atoms with E-state index >= 15 is 0 Å². The van der Waals surface area contributed by atoms with E-state index in [4.69, 9.17) is 9.47 Å². The normalized spacial score (nSPS) is 24.8. The van der Waals surface area contributed by atoms with Crippen LogP contribution in [0.1, 0.15) is 11.5 Å². The molecule has 0 bridgehead atoms. The van der Waals surface area contributed by atoms with Crippen LogP contribution in [0.25, 0.3) is 0 Å². The van der Waals surface area contributed by atoms with Crippen LogP contribution in [0.15, 0.2) is 59.5 Å². The lowest BCUT2D eigenvalue weighted by Gasteiger charge is -2.12. The fraction of sp³-hybridized carbons (Fsp3) is 0.316. The topological polar surface area (TPSA) is 89.9 Å². The van der Waals surface area contributed by atoms with Gasteiger partial charge in [-0.25, -0.2) is 8.42 Å². The van der Waals surface area contributed by atoms with Gasteiger partial charge in [0.2, 0.25) is 0 Å². The first-order valence-electron chi connectivity index (χ1n) is 8.05. The van der Waals surface area contributed by atoms with Gasteiger partial charge < -0.3 is 14.6 Å². The summed E-state index contributed by atoms with van der Waals surface area (Å²) in [6.45, 7) is -0.185. The first-order chi connectivity index (χ1) is 12.4. The van der Waals surface area contributed by atoms with Crippen LogP contribution in [-0.4, -0.2) is 45.6 Å². The van der Waals surface area contributed by atoms with Crippen molar-refractivity contribution in [1.29, 1.82) is 0 Å². The van der Waals surface area contributed by atoms with Crippen LogP contribution in [-0.2, 0) is 19.4 Å². The molecular formula is C19H20O6S. The quantitative estimate of drug-likeness (QED) is 0.798. The van der Waals surface area contributed by atoms with Gasteiger partial charge in [-0.2, -0.15) is 0 Å². The number of benzene rings is 2. The van der Waals surface area contributed by atoms with Crippen molar-refractivity contribution < 1.29 is 27.8 Å². The third-order valence-electron chi connectivity index (χ3n) is 4.92. The second-order valence-electron chi connectivity index (χ2n) is 6.31. The monoisotopic (exact) mass is 376 g/mol. The zero-order valence-electron chi connectivity index (χ0n) is 14.5. The van der Waals surface area contributed by atoms with Gasteiger partial charge in [0.05, 0.1) is 23.9 Å². The molecule has 0 aromatic heterocycles. The minimum absolute atomic E-state index is 0.114. The Bertz CT molecular complexity index is 891. The van der Waals surface area contributed by atoms with Gasteiger partial charge in [-0.15, -0.1) is 0 Å². The largest absolute Gasteiger partial charge is 0.497 e. The molecule has 0 aliphatic heterocycles. The first-order valence-corrected chi connectivity index (χ1v) is 9.59. The van der Waals surface area contributed by atoms with Crippen LogP contribution in [0.4, 0.5) is 0 Å². The zero-order chi connectivity index (χ0) is 18.9. The Balaban J connectivity index is 2.09. The number of carboxylic acids is 1. The predicted molar refractivity (Wildman–Crippen MR) is 95.1 cm³/mol. The summed E-state index contributed by atoms with van der Waals surface area (Å²) < 4.78 is 36.5. The molecular weight excluding hydrogens is 356 g/mol. The van der Waals surface area contributed by atoms with Crippen molar-refractivity contribution in [2.75, 3.05) is 20.8 Å². The van der Waals surface area contributed by atoms with Crippen molar-refractivity contribution >= 4 is 15.8 Å². The number of hydrogen-bond donors (Lipinski definition) is 1. The molecule has 1 N–H and O–H groups in total.